The van der Waals surface area contributed by atoms with Crippen molar-refractivity contribution in [2.45, 2.75) is 0 Å². The van der Waals surface area contributed by atoms with Gasteiger partial charge in [-0.3, -0.25) is 0 Å². The topological polar surface area (TPSA) is 77.3 Å². The molecule has 0 N–H and O–H groups in total. The Morgan fingerprint density at radius 1 is 0.273 bits per heavy atom. The maximum absolute atomic E-state index is 5.17. The highest BCUT2D eigenvalue weighted by atomic mass is 32.1. The Morgan fingerprint density at radius 3 is 1.24 bits per heavy atom. The fourth-order valence-electron chi connectivity index (χ4n) is 6.90. The zero-order valence-corrected chi connectivity index (χ0v) is 30.2. The summed E-state index contributed by atoms with van der Waals surface area (Å²) in [4.78, 5) is 30.2. The van der Waals surface area contributed by atoms with Gasteiger partial charge in [0, 0.05) is 53.6 Å². The maximum Gasteiger partial charge on any atom is 0.164 e. The summed E-state index contributed by atoms with van der Waals surface area (Å²) >= 11 is 1.74. The Labute approximate surface area is 321 Å². The predicted molar refractivity (Wildman–Crippen MR) is 224 cm³/mol. The molecule has 0 saturated carbocycles. The van der Waals surface area contributed by atoms with Gasteiger partial charge in [-0.15, -0.1) is 11.3 Å². The summed E-state index contributed by atoms with van der Waals surface area (Å²) in [7, 11) is 0. The van der Waals surface area contributed by atoms with E-state index in [1.165, 1.54) is 0 Å². The van der Waals surface area contributed by atoms with Gasteiger partial charge >= 0.3 is 0 Å². The second kappa shape index (κ2) is 14.0. The van der Waals surface area contributed by atoms with Crippen molar-refractivity contribution in [1.29, 1.82) is 0 Å². The highest BCUT2D eigenvalue weighted by Crippen LogP contribution is 2.41. The van der Waals surface area contributed by atoms with Crippen LogP contribution in [0.2, 0.25) is 0 Å². The van der Waals surface area contributed by atoms with Gasteiger partial charge in [0.25, 0.3) is 0 Å². The number of nitrogens with zero attached hydrogens (tertiary/aromatic N) is 6. The van der Waals surface area contributed by atoms with E-state index in [0.29, 0.717) is 34.9 Å². The molecule has 3 aromatic heterocycles. The third-order valence-corrected chi connectivity index (χ3v) is 10.7. The average Bonchev–Trinajstić information content (AvgIpc) is 3.66. The summed E-state index contributed by atoms with van der Waals surface area (Å²) in [6, 6.07) is 61.8. The molecule has 7 aromatic carbocycles. The fraction of sp³-hybridized carbons (Fsp3) is 0. The molecule has 55 heavy (non-hydrogen) atoms. The van der Waals surface area contributed by atoms with Crippen LogP contribution in [0.5, 0.6) is 0 Å². The molecular formula is C48H30N6S. The highest BCUT2D eigenvalue weighted by Gasteiger charge is 2.19. The van der Waals surface area contributed by atoms with Gasteiger partial charge in [-0.2, -0.15) is 0 Å². The largest absolute Gasteiger partial charge is 0.208 e. The molecule has 10 aromatic rings. The number of rotatable bonds is 7. The smallest absolute Gasteiger partial charge is 0.164 e. The zero-order valence-electron chi connectivity index (χ0n) is 29.4. The van der Waals surface area contributed by atoms with Crippen LogP contribution in [0.25, 0.3) is 99.6 Å². The number of benzene rings is 7. The van der Waals surface area contributed by atoms with E-state index in [1.54, 1.807) is 11.3 Å². The van der Waals surface area contributed by atoms with Gasteiger partial charge < -0.3 is 0 Å². The molecule has 0 spiro atoms. The van der Waals surface area contributed by atoms with Gasteiger partial charge in [-0.1, -0.05) is 164 Å². The molecule has 3 heterocycles. The Morgan fingerprint density at radius 2 is 0.691 bits per heavy atom. The van der Waals surface area contributed by atoms with Gasteiger partial charge in [0.2, 0.25) is 0 Å². The van der Waals surface area contributed by atoms with Gasteiger partial charge in [0.1, 0.15) is 0 Å². The zero-order chi connectivity index (χ0) is 36.6. The number of hydrogen-bond donors (Lipinski definition) is 0. The lowest BCUT2D eigenvalue weighted by Gasteiger charge is -2.11. The van der Waals surface area contributed by atoms with E-state index in [2.05, 4.69) is 84.9 Å². The lowest BCUT2D eigenvalue weighted by molar-refractivity contribution is 1.07. The first-order chi connectivity index (χ1) is 27.2. The van der Waals surface area contributed by atoms with Gasteiger partial charge in [-0.25, -0.2) is 29.9 Å². The van der Waals surface area contributed by atoms with Crippen LogP contribution in [0.4, 0.5) is 0 Å². The van der Waals surface area contributed by atoms with Crippen LogP contribution < -0.4 is 0 Å². The van der Waals surface area contributed by atoms with Crippen LogP contribution in [-0.2, 0) is 0 Å². The molecule has 0 unspecified atom stereocenters. The Bertz CT molecular complexity index is 2910. The van der Waals surface area contributed by atoms with Crippen molar-refractivity contribution >= 4 is 31.5 Å². The van der Waals surface area contributed by atoms with Crippen LogP contribution in [-0.4, -0.2) is 29.9 Å². The third-order valence-electron chi connectivity index (χ3n) is 9.59. The van der Waals surface area contributed by atoms with Crippen LogP contribution in [0.1, 0.15) is 0 Å². The molecule has 10 rings (SSSR count). The van der Waals surface area contributed by atoms with E-state index in [1.807, 2.05) is 97.1 Å². The minimum atomic E-state index is 0.624. The van der Waals surface area contributed by atoms with E-state index < -0.39 is 0 Å². The predicted octanol–water partition coefficient (Wildman–Crippen LogP) is 12.1. The van der Waals surface area contributed by atoms with Crippen molar-refractivity contribution in [1.82, 2.24) is 29.9 Å². The molecule has 0 aliphatic carbocycles. The van der Waals surface area contributed by atoms with E-state index in [4.69, 9.17) is 29.9 Å². The minimum Gasteiger partial charge on any atom is -0.208 e. The first-order valence-corrected chi connectivity index (χ1v) is 18.9. The fourth-order valence-corrected chi connectivity index (χ4v) is 8.07. The van der Waals surface area contributed by atoms with Crippen molar-refractivity contribution in [2.75, 3.05) is 0 Å². The van der Waals surface area contributed by atoms with E-state index >= 15 is 0 Å². The third kappa shape index (κ3) is 6.33. The van der Waals surface area contributed by atoms with Gasteiger partial charge in [0.15, 0.2) is 34.9 Å². The molecule has 6 nitrogen and oxygen atoms in total. The molecule has 0 aliphatic heterocycles. The maximum atomic E-state index is 5.17. The Balaban J connectivity index is 1.12. The van der Waals surface area contributed by atoms with Crippen molar-refractivity contribution in [3.63, 3.8) is 0 Å². The average molecular weight is 723 g/mol. The molecule has 0 saturated heterocycles. The minimum absolute atomic E-state index is 0.624. The summed E-state index contributed by atoms with van der Waals surface area (Å²) in [6.45, 7) is 0. The van der Waals surface area contributed by atoms with Gasteiger partial charge in [-0.05, 0) is 29.3 Å². The normalized spacial score (nSPS) is 11.3. The van der Waals surface area contributed by atoms with Crippen LogP contribution >= 0.6 is 11.3 Å². The number of fused-ring (bicyclic) bond motifs is 3. The molecule has 0 fully saturated rings. The standard InChI is InChI=1S/C48H30N6S/c1-5-15-31(16-6-1)35-23-13-24-36(29-35)46-52-45(34-21-11-4-12-22-34)53-48(54-46)39-25-14-26-40-42(39)38-28-27-37(30-41(38)55-40)47-50-43(32-17-7-2-8-18-32)49-44(51-47)33-19-9-3-10-20-33/h1-30H. The molecule has 7 heteroatoms. The SMILES string of the molecule is c1ccc(-c2cccc(-c3nc(-c4ccccc4)nc(-c4cccc5sc6cc(-c7nc(-c8ccccc8)nc(-c8ccccc8)n7)ccc6c45)n3)c2)cc1. The summed E-state index contributed by atoms with van der Waals surface area (Å²) in [6.07, 6.45) is 0. The van der Waals surface area contributed by atoms with Crippen molar-refractivity contribution in [3.8, 4) is 79.5 Å². The quantitative estimate of drug-likeness (QED) is 0.163. The first kappa shape index (κ1) is 32.4. The summed E-state index contributed by atoms with van der Waals surface area (Å²) in [5, 5.41) is 2.23. The molecule has 0 bridgehead atoms. The van der Waals surface area contributed by atoms with E-state index in [0.717, 1.165) is 64.7 Å². The van der Waals surface area contributed by atoms with Crippen molar-refractivity contribution in [3.05, 3.63) is 182 Å². The summed E-state index contributed by atoms with van der Waals surface area (Å²) in [5.74, 6) is 3.77. The lowest BCUT2D eigenvalue weighted by atomic mass is 10.0. The molecule has 0 aliphatic rings. The van der Waals surface area contributed by atoms with E-state index in [9.17, 15) is 0 Å². The number of hydrogen-bond acceptors (Lipinski definition) is 7. The van der Waals surface area contributed by atoms with E-state index in [-0.39, 0.29) is 0 Å². The molecule has 0 amide bonds. The molecule has 258 valence electrons. The summed E-state index contributed by atoms with van der Waals surface area (Å²) in [5.41, 5.74) is 7.85. The highest BCUT2D eigenvalue weighted by molar-refractivity contribution is 7.26. The van der Waals surface area contributed by atoms with Crippen LogP contribution in [0, 0.1) is 0 Å². The first-order valence-electron chi connectivity index (χ1n) is 18.0. The van der Waals surface area contributed by atoms with Crippen molar-refractivity contribution in [2.24, 2.45) is 0 Å². The summed E-state index contributed by atoms with van der Waals surface area (Å²) < 4.78 is 2.26. The molecule has 0 radical (unpaired) electrons. The van der Waals surface area contributed by atoms with Crippen LogP contribution in [0.15, 0.2) is 182 Å². The Kier molecular flexibility index (Phi) is 8.24. The second-order valence-electron chi connectivity index (χ2n) is 13.1. The van der Waals surface area contributed by atoms with Gasteiger partial charge in [0.05, 0.1) is 0 Å². The molecule has 0 atom stereocenters. The van der Waals surface area contributed by atoms with Crippen molar-refractivity contribution < 1.29 is 0 Å². The second-order valence-corrected chi connectivity index (χ2v) is 14.2. The number of aromatic nitrogens is 6. The number of thiophene rings is 1. The molecular weight excluding hydrogens is 693 g/mol. The van der Waals surface area contributed by atoms with Crippen LogP contribution in [0.3, 0.4) is 0 Å². The Hall–Kier alpha value is -7.22. The lowest BCUT2D eigenvalue weighted by Crippen LogP contribution is -2.00. The monoisotopic (exact) mass is 722 g/mol.